The van der Waals surface area contributed by atoms with Crippen molar-refractivity contribution in [3.05, 3.63) is 17.9 Å². The third kappa shape index (κ3) is 5.31. The zero-order valence-corrected chi connectivity index (χ0v) is 5.89. The number of hydrogen-bond acceptors (Lipinski definition) is 2. The number of aliphatic hydroxyl groups excluding tert-OH is 1. The third-order valence-electron chi connectivity index (χ3n) is 1.01. The van der Waals surface area contributed by atoms with E-state index in [1.165, 1.54) is 0 Å². The summed E-state index contributed by atoms with van der Waals surface area (Å²) in [6.07, 6.45) is 3.43. The molecule has 0 aromatic carbocycles. The second-order valence-electron chi connectivity index (χ2n) is 1.80. The Kier molecular flexibility index (Phi) is 5.23. The first-order valence-corrected chi connectivity index (χ1v) is 3.00. The van der Waals surface area contributed by atoms with Crippen molar-refractivity contribution >= 4 is 0 Å². The molecule has 0 saturated heterocycles. The van der Waals surface area contributed by atoms with Gasteiger partial charge >= 0.3 is 0 Å². The van der Waals surface area contributed by atoms with E-state index in [0.717, 1.165) is 0 Å². The normalized spacial score (nSPS) is 11.9. The molecule has 0 bridgehead atoms. The summed E-state index contributed by atoms with van der Waals surface area (Å²) in [4.78, 5) is 0. The van der Waals surface area contributed by atoms with Crippen LogP contribution in [0.3, 0.4) is 0 Å². The summed E-state index contributed by atoms with van der Waals surface area (Å²) < 4.78 is 0. The monoisotopic (exact) mass is 127 g/mol. The molecule has 0 aromatic rings. The summed E-state index contributed by atoms with van der Waals surface area (Å²) in [5, 5.41) is 11.3. The van der Waals surface area contributed by atoms with Gasteiger partial charge in [-0.3, -0.25) is 0 Å². The maximum atomic E-state index is 8.29. The van der Waals surface area contributed by atoms with Crippen LogP contribution in [-0.2, 0) is 0 Å². The van der Waals surface area contributed by atoms with Gasteiger partial charge in [0.05, 0.1) is 6.61 Å². The molecule has 1 atom stereocenters. The molecule has 0 heterocycles. The summed E-state index contributed by atoms with van der Waals surface area (Å²) >= 11 is 0. The molecule has 0 aliphatic carbocycles. The lowest BCUT2D eigenvalue weighted by atomic mass is 10.3. The molecule has 0 fully saturated rings. The van der Waals surface area contributed by atoms with Gasteiger partial charge in [0.1, 0.15) is 0 Å². The van der Waals surface area contributed by atoms with Crippen LogP contribution in [0.5, 0.6) is 0 Å². The van der Waals surface area contributed by atoms with E-state index in [0.29, 0.717) is 6.04 Å². The largest absolute Gasteiger partial charge is 0.392 e. The molecule has 2 nitrogen and oxygen atoms in total. The molecule has 0 aliphatic rings. The number of nitrogens with one attached hydrogen (secondary N) is 1. The molecule has 0 rings (SSSR count). The lowest BCUT2D eigenvalue weighted by Gasteiger charge is -1.98. The number of aliphatic hydroxyl groups is 1. The number of hydrogen-bond donors (Lipinski definition) is 2. The van der Waals surface area contributed by atoms with Gasteiger partial charge in [-0.25, -0.2) is 0 Å². The molecular formula is C7H13NO. The fraction of sp³-hybridized carbons (Fsp3) is 0.571. The van der Waals surface area contributed by atoms with Gasteiger partial charge in [-0.05, 0) is 26.1 Å². The SMILES string of the molecule is CNC(C)C=C=CCO. The van der Waals surface area contributed by atoms with Gasteiger partial charge in [0.15, 0.2) is 0 Å². The summed E-state index contributed by atoms with van der Waals surface area (Å²) in [7, 11) is 1.88. The van der Waals surface area contributed by atoms with E-state index in [2.05, 4.69) is 11.0 Å². The predicted octanol–water partition coefficient (Wildman–Crippen LogP) is 0.298. The van der Waals surface area contributed by atoms with Crippen molar-refractivity contribution in [2.45, 2.75) is 13.0 Å². The van der Waals surface area contributed by atoms with E-state index in [-0.39, 0.29) is 6.61 Å². The van der Waals surface area contributed by atoms with Crippen molar-refractivity contribution in [1.82, 2.24) is 5.32 Å². The molecule has 9 heavy (non-hydrogen) atoms. The third-order valence-corrected chi connectivity index (χ3v) is 1.01. The van der Waals surface area contributed by atoms with Crippen molar-refractivity contribution in [2.75, 3.05) is 13.7 Å². The zero-order valence-electron chi connectivity index (χ0n) is 5.89. The van der Waals surface area contributed by atoms with Crippen LogP contribution in [0.15, 0.2) is 17.9 Å². The maximum absolute atomic E-state index is 8.29. The average Bonchev–Trinajstić information content (AvgIpc) is 1.89. The van der Waals surface area contributed by atoms with E-state index >= 15 is 0 Å². The zero-order chi connectivity index (χ0) is 7.11. The maximum Gasteiger partial charge on any atom is 0.0686 e. The van der Waals surface area contributed by atoms with Crippen LogP contribution in [0, 0.1) is 0 Å². The molecule has 1 unspecified atom stereocenters. The van der Waals surface area contributed by atoms with E-state index < -0.39 is 0 Å². The number of rotatable bonds is 3. The van der Waals surface area contributed by atoms with E-state index in [1.807, 2.05) is 20.0 Å². The van der Waals surface area contributed by atoms with Gasteiger partial charge in [-0.2, -0.15) is 0 Å². The summed E-state index contributed by atoms with van der Waals surface area (Å²) in [6.45, 7) is 2.07. The molecule has 2 heteroatoms. The lowest BCUT2D eigenvalue weighted by molar-refractivity contribution is 0.343. The standard InChI is InChI=1S/C7H13NO/c1-7(8-2)5-3-4-6-9/h4-5,7-9H,6H2,1-2H3. The summed E-state index contributed by atoms with van der Waals surface area (Å²) in [5.41, 5.74) is 2.82. The van der Waals surface area contributed by atoms with Crippen LogP contribution < -0.4 is 5.32 Å². The molecule has 0 spiro atoms. The molecule has 0 aliphatic heterocycles. The highest BCUT2D eigenvalue weighted by atomic mass is 16.2. The van der Waals surface area contributed by atoms with Crippen LogP contribution in [-0.4, -0.2) is 24.8 Å². The fourth-order valence-corrected chi connectivity index (χ4v) is 0.348. The van der Waals surface area contributed by atoms with Crippen LogP contribution in [0.25, 0.3) is 0 Å². The molecule has 0 radical (unpaired) electrons. The van der Waals surface area contributed by atoms with Gasteiger partial charge < -0.3 is 10.4 Å². The van der Waals surface area contributed by atoms with Gasteiger partial charge in [-0.1, -0.05) is 0 Å². The second kappa shape index (κ2) is 5.57. The Balaban J connectivity index is 3.55. The van der Waals surface area contributed by atoms with Crippen molar-refractivity contribution in [3.63, 3.8) is 0 Å². The smallest absolute Gasteiger partial charge is 0.0686 e. The quantitative estimate of drug-likeness (QED) is 0.534. The molecule has 52 valence electrons. The number of likely N-dealkylation sites (N-methyl/N-ethyl adjacent to an activating group) is 1. The van der Waals surface area contributed by atoms with Gasteiger partial charge in [0.2, 0.25) is 0 Å². The highest BCUT2D eigenvalue weighted by molar-refractivity contribution is 4.90. The van der Waals surface area contributed by atoms with Crippen LogP contribution >= 0.6 is 0 Å². The predicted molar refractivity (Wildman–Crippen MR) is 38.3 cm³/mol. The molecular weight excluding hydrogens is 114 g/mol. The first kappa shape index (κ1) is 8.44. The topological polar surface area (TPSA) is 32.3 Å². The van der Waals surface area contributed by atoms with Gasteiger partial charge in [0.25, 0.3) is 0 Å². The summed E-state index contributed by atoms with van der Waals surface area (Å²) in [5.74, 6) is 0. The van der Waals surface area contributed by atoms with Crippen molar-refractivity contribution in [3.8, 4) is 0 Å². The van der Waals surface area contributed by atoms with Gasteiger partial charge in [-0.15, -0.1) is 5.73 Å². The Morgan fingerprint density at radius 1 is 1.78 bits per heavy atom. The Morgan fingerprint density at radius 3 is 2.89 bits per heavy atom. The Labute approximate surface area is 55.9 Å². The Hall–Kier alpha value is -0.560. The first-order valence-electron chi connectivity index (χ1n) is 3.00. The highest BCUT2D eigenvalue weighted by Gasteiger charge is 1.84. The van der Waals surface area contributed by atoms with E-state index in [4.69, 9.17) is 5.11 Å². The van der Waals surface area contributed by atoms with E-state index in [9.17, 15) is 0 Å². The average molecular weight is 127 g/mol. The molecule has 2 N–H and O–H groups in total. The van der Waals surface area contributed by atoms with Crippen LogP contribution in [0.1, 0.15) is 6.92 Å². The van der Waals surface area contributed by atoms with Gasteiger partial charge in [0, 0.05) is 6.04 Å². The molecule has 0 saturated carbocycles. The van der Waals surface area contributed by atoms with Crippen molar-refractivity contribution < 1.29 is 5.11 Å². The Morgan fingerprint density at radius 2 is 2.44 bits per heavy atom. The minimum absolute atomic E-state index is 0.0624. The highest BCUT2D eigenvalue weighted by Crippen LogP contribution is 1.78. The molecule has 0 aromatic heterocycles. The Bertz CT molecular complexity index is 114. The fourth-order valence-electron chi connectivity index (χ4n) is 0.348. The minimum atomic E-state index is 0.0624. The van der Waals surface area contributed by atoms with E-state index in [1.54, 1.807) is 6.08 Å². The second-order valence-corrected chi connectivity index (χ2v) is 1.80. The van der Waals surface area contributed by atoms with Crippen LogP contribution in [0.4, 0.5) is 0 Å². The lowest BCUT2D eigenvalue weighted by Crippen LogP contribution is -2.17. The van der Waals surface area contributed by atoms with Crippen LogP contribution in [0.2, 0.25) is 0 Å². The van der Waals surface area contributed by atoms with Crippen molar-refractivity contribution in [2.24, 2.45) is 0 Å². The first-order chi connectivity index (χ1) is 4.31. The van der Waals surface area contributed by atoms with Crippen molar-refractivity contribution in [1.29, 1.82) is 0 Å². The minimum Gasteiger partial charge on any atom is -0.392 e. The summed E-state index contributed by atoms with van der Waals surface area (Å²) in [6, 6.07) is 0.327. The molecule has 0 amide bonds.